The second-order valence-corrected chi connectivity index (χ2v) is 7.28. The fraction of sp³-hybridized carbons (Fsp3) is 0.182. The van der Waals surface area contributed by atoms with Gasteiger partial charge in [0.15, 0.2) is 5.75 Å². The maximum Gasteiger partial charge on any atom is 0.416 e. The number of carbonyl (C=O) groups is 1. The fourth-order valence-electron chi connectivity index (χ4n) is 3.22. The van der Waals surface area contributed by atoms with Crippen LogP contribution in [0.3, 0.4) is 0 Å². The van der Waals surface area contributed by atoms with Crippen molar-refractivity contribution in [2.45, 2.75) is 19.1 Å². The molecule has 0 bridgehead atoms. The minimum atomic E-state index is -4.87. The quantitative estimate of drug-likeness (QED) is 0.544. The highest BCUT2D eigenvalue weighted by molar-refractivity contribution is 5.98. The van der Waals surface area contributed by atoms with Crippen molar-refractivity contribution in [3.05, 3.63) is 87.0 Å². The molecular weight excluding hydrogens is 454 g/mol. The van der Waals surface area contributed by atoms with Crippen LogP contribution in [-0.4, -0.2) is 15.6 Å². The van der Waals surface area contributed by atoms with Crippen molar-refractivity contribution >= 4 is 5.91 Å². The number of alkyl halides is 3. The molecule has 11 heteroatoms. The van der Waals surface area contributed by atoms with Crippen molar-refractivity contribution in [3.8, 4) is 17.0 Å². The molecule has 174 valence electrons. The second-order valence-electron chi connectivity index (χ2n) is 7.28. The molecule has 2 aromatic carbocycles. The highest BCUT2D eigenvalue weighted by atomic mass is 19.4. The first-order valence-corrected chi connectivity index (χ1v) is 9.36. The van der Waals surface area contributed by atoms with Crippen LogP contribution in [0.4, 0.5) is 26.3 Å². The zero-order chi connectivity index (χ0) is 24.7. The van der Waals surface area contributed by atoms with Gasteiger partial charge in [-0.2, -0.15) is 13.2 Å². The Hall–Kier alpha value is -3.76. The molecule has 0 saturated heterocycles. The molecule has 3 rings (SSSR count). The Balaban J connectivity index is 2.05. The smallest absolute Gasteiger partial charge is 0.416 e. The summed E-state index contributed by atoms with van der Waals surface area (Å²) >= 11 is 0. The summed E-state index contributed by atoms with van der Waals surface area (Å²) < 4.78 is 80.8. The molecule has 3 aromatic rings. The Morgan fingerprint density at radius 1 is 0.970 bits per heavy atom. The van der Waals surface area contributed by atoms with E-state index in [1.54, 1.807) is 0 Å². The van der Waals surface area contributed by atoms with E-state index in [0.717, 1.165) is 35.9 Å². The average Bonchev–Trinajstić information content (AvgIpc) is 2.70. The number of rotatable bonds is 4. The Bertz CT molecular complexity index is 1280. The maximum absolute atomic E-state index is 13.9. The van der Waals surface area contributed by atoms with Crippen LogP contribution in [0.1, 0.15) is 34.5 Å². The zero-order valence-corrected chi connectivity index (χ0v) is 17.1. The molecular formula is C22H16F6N2O3. The monoisotopic (exact) mass is 470 g/mol. The largest absolute Gasteiger partial charge is 0.502 e. The van der Waals surface area contributed by atoms with Crippen LogP contribution >= 0.6 is 0 Å². The van der Waals surface area contributed by atoms with Gasteiger partial charge in [-0.25, -0.2) is 13.2 Å². The van der Waals surface area contributed by atoms with Crippen molar-refractivity contribution in [1.29, 1.82) is 0 Å². The van der Waals surface area contributed by atoms with E-state index in [2.05, 4.69) is 5.32 Å². The summed E-state index contributed by atoms with van der Waals surface area (Å²) in [6.45, 7) is 1.38. The zero-order valence-electron chi connectivity index (χ0n) is 17.1. The van der Waals surface area contributed by atoms with E-state index in [4.69, 9.17) is 0 Å². The standard InChI is InChI=1S/C22H16F6N2O3/c1-10(11-4-15(24)8-16(25)5-11)29-20(32)17-9-18(30(2)21(33)19(17)31)12-3-13(22(26,27)28)7-14(23)6-12/h3-10,31H,1-2H3,(H,29,32). The van der Waals surface area contributed by atoms with Gasteiger partial charge in [0.2, 0.25) is 0 Å². The Labute approximate surface area is 182 Å². The summed E-state index contributed by atoms with van der Waals surface area (Å²) in [5.74, 6) is -5.07. The number of hydrogen-bond acceptors (Lipinski definition) is 3. The molecule has 0 aliphatic heterocycles. The average molecular weight is 470 g/mol. The lowest BCUT2D eigenvalue weighted by atomic mass is 10.0. The highest BCUT2D eigenvalue weighted by Gasteiger charge is 2.32. The topological polar surface area (TPSA) is 71.3 Å². The van der Waals surface area contributed by atoms with Crippen LogP contribution in [0.15, 0.2) is 47.3 Å². The number of aromatic nitrogens is 1. The Kier molecular flexibility index (Phi) is 6.26. The number of halogens is 6. The van der Waals surface area contributed by atoms with E-state index in [9.17, 15) is 41.0 Å². The SMILES string of the molecule is CC(NC(=O)c1cc(-c2cc(F)cc(C(F)(F)F)c2)n(C)c(=O)c1O)c1cc(F)cc(F)c1. The van der Waals surface area contributed by atoms with Gasteiger partial charge in [0.05, 0.1) is 22.9 Å². The highest BCUT2D eigenvalue weighted by Crippen LogP contribution is 2.33. The molecule has 0 spiro atoms. The van der Waals surface area contributed by atoms with Crippen molar-refractivity contribution in [3.63, 3.8) is 0 Å². The third kappa shape index (κ3) is 5.02. The van der Waals surface area contributed by atoms with Crippen LogP contribution in [0.5, 0.6) is 5.75 Å². The third-order valence-corrected chi connectivity index (χ3v) is 4.90. The predicted octanol–water partition coefficient (Wildman–Crippen LogP) is 4.69. The number of carbonyl (C=O) groups excluding carboxylic acids is 1. The minimum absolute atomic E-state index is 0.0457. The van der Waals surface area contributed by atoms with E-state index in [1.807, 2.05) is 0 Å². The number of benzene rings is 2. The van der Waals surface area contributed by atoms with Gasteiger partial charge in [-0.05, 0) is 48.9 Å². The minimum Gasteiger partial charge on any atom is -0.502 e. The summed E-state index contributed by atoms with van der Waals surface area (Å²) in [5, 5.41) is 12.5. The van der Waals surface area contributed by atoms with Crippen LogP contribution in [-0.2, 0) is 13.2 Å². The molecule has 1 amide bonds. The molecule has 0 fully saturated rings. The molecule has 1 atom stereocenters. The number of aromatic hydroxyl groups is 1. The number of hydrogen-bond donors (Lipinski definition) is 2. The van der Waals surface area contributed by atoms with Crippen molar-refractivity contribution in [2.75, 3.05) is 0 Å². The number of pyridine rings is 1. The van der Waals surface area contributed by atoms with E-state index in [0.29, 0.717) is 12.1 Å². The normalized spacial score (nSPS) is 12.5. The first-order valence-electron chi connectivity index (χ1n) is 9.36. The lowest BCUT2D eigenvalue weighted by Gasteiger charge is -2.17. The number of nitrogens with zero attached hydrogens (tertiary/aromatic N) is 1. The van der Waals surface area contributed by atoms with E-state index in [-0.39, 0.29) is 22.9 Å². The number of nitrogens with one attached hydrogen (secondary N) is 1. The molecule has 1 aromatic heterocycles. The fourth-order valence-corrected chi connectivity index (χ4v) is 3.22. The van der Waals surface area contributed by atoms with Crippen LogP contribution in [0, 0.1) is 17.5 Å². The Morgan fingerprint density at radius 2 is 1.55 bits per heavy atom. The third-order valence-electron chi connectivity index (χ3n) is 4.90. The van der Waals surface area contributed by atoms with Gasteiger partial charge in [-0.1, -0.05) is 0 Å². The van der Waals surface area contributed by atoms with E-state index in [1.165, 1.54) is 6.92 Å². The molecule has 2 N–H and O–H groups in total. The first kappa shape index (κ1) is 23.9. The van der Waals surface area contributed by atoms with Gasteiger partial charge in [0.25, 0.3) is 11.5 Å². The van der Waals surface area contributed by atoms with Gasteiger partial charge < -0.3 is 15.0 Å². The lowest BCUT2D eigenvalue weighted by molar-refractivity contribution is -0.137. The molecule has 0 radical (unpaired) electrons. The first-order chi connectivity index (χ1) is 15.3. The molecule has 0 saturated carbocycles. The van der Waals surface area contributed by atoms with Crippen LogP contribution in [0.25, 0.3) is 11.3 Å². The van der Waals surface area contributed by atoms with Crippen LogP contribution in [0.2, 0.25) is 0 Å². The summed E-state index contributed by atoms with van der Waals surface area (Å²) in [6, 6.07) is 4.11. The van der Waals surface area contributed by atoms with Crippen molar-refractivity contribution in [2.24, 2.45) is 7.05 Å². The predicted molar refractivity (Wildman–Crippen MR) is 106 cm³/mol. The van der Waals surface area contributed by atoms with Gasteiger partial charge in [-0.15, -0.1) is 0 Å². The van der Waals surface area contributed by atoms with Gasteiger partial charge in [0, 0.05) is 18.7 Å². The van der Waals surface area contributed by atoms with E-state index < -0.39 is 58.0 Å². The molecule has 0 aliphatic rings. The lowest BCUT2D eigenvalue weighted by Crippen LogP contribution is -2.29. The van der Waals surface area contributed by atoms with Gasteiger partial charge in [0.1, 0.15) is 17.5 Å². The molecule has 33 heavy (non-hydrogen) atoms. The Morgan fingerprint density at radius 3 is 2.12 bits per heavy atom. The van der Waals surface area contributed by atoms with Crippen molar-refractivity contribution < 1.29 is 36.2 Å². The maximum atomic E-state index is 13.9. The summed E-state index contributed by atoms with van der Waals surface area (Å²) in [6.07, 6.45) is -4.87. The summed E-state index contributed by atoms with van der Waals surface area (Å²) in [4.78, 5) is 25.1. The summed E-state index contributed by atoms with van der Waals surface area (Å²) in [5.41, 5.74) is -3.65. The van der Waals surface area contributed by atoms with Crippen LogP contribution < -0.4 is 10.9 Å². The summed E-state index contributed by atoms with van der Waals surface area (Å²) in [7, 11) is 1.12. The molecule has 1 heterocycles. The second kappa shape index (κ2) is 8.64. The molecule has 0 aliphatic carbocycles. The van der Waals surface area contributed by atoms with Gasteiger partial charge >= 0.3 is 6.18 Å². The number of amides is 1. The van der Waals surface area contributed by atoms with Crippen molar-refractivity contribution in [1.82, 2.24) is 9.88 Å². The molecule has 1 unspecified atom stereocenters. The molecule has 5 nitrogen and oxygen atoms in total. The van der Waals surface area contributed by atoms with E-state index >= 15 is 0 Å². The van der Waals surface area contributed by atoms with Gasteiger partial charge in [-0.3, -0.25) is 9.59 Å².